The minimum Gasteiger partial charge on any atom is -0.339 e. The van der Waals surface area contributed by atoms with Crippen LogP contribution in [0.3, 0.4) is 0 Å². The van der Waals surface area contributed by atoms with E-state index in [0.717, 1.165) is 45.3 Å². The van der Waals surface area contributed by atoms with E-state index in [1.807, 2.05) is 0 Å². The summed E-state index contributed by atoms with van der Waals surface area (Å²) < 4.78 is 0. The molecule has 3 fully saturated rings. The molecule has 4 aliphatic rings. The van der Waals surface area contributed by atoms with Gasteiger partial charge in [0.25, 0.3) is 0 Å². The van der Waals surface area contributed by atoms with Crippen LogP contribution in [-0.4, -0.2) is 36.5 Å². The van der Waals surface area contributed by atoms with E-state index in [1.54, 1.807) is 0 Å². The summed E-state index contributed by atoms with van der Waals surface area (Å²) in [6, 6.07) is 20.5. The lowest BCUT2D eigenvalue weighted by Crippen LogP contribution is -2.55. The molecule has 2 aromatic rings. The number of nitrogens with one attached hydrogen (secondary N) is 1. The molecule has 0 bridgehead atoms. The van der Waals surface area contributed by atoms with Crippen LogP contribution in [0.5, 0.6) is 0 Å². The Balaban J connectivity index is 1.30. The van der Waals surface area contributed by atoms with Gasteiger partial charge in [-0.05, 0) is 73.5 Å². The first-order valence-corrected chi connectivity index (χ1v) is 13.9. The predicted molar refractivity (Wildman–Crippen MR) is 138 cm³/mol. The van der Waals surface area contributed by atoms with E-state index in [-0.39, 0.29) is 11.3 Å². The zero-order chi connectivity index (χ0) is 23.0. The van der Waals surface area contributed by atoms with Crippen molar-refractivity contribution in [2.75, 3.05) is 19.6 Å². The minimum atomic E-state index is -0.0146. The summed E-state index contributed by atoms with van der Waals surface area (Å²) in [5, 5.41) is 3.68. The van der Waals surface area contributed by atoms with Gasteiger partial charge in [-0.1, -0.05) is 73.9 Å². The number of fused-ring (bicyclic) bond motifs is 2. The Kier molecular flexibility index (Phi) is 6.24. The van der Waals surface area contributed by atoms with Crippen molar-refractivity contribution < 1.29 is 4.79 Å². The number of benzene rings is 2. The summed E-state index contributed by atoms with van der Waals surface area (Å²) in [6.07, 6.45) is 12.4. The highest BCUT2D eigenvalue weighted by Crippen LogP contribution is 2.47. The molecule has 2 heterocycles. The van der Waals surface area contributed by atoms with Crippen LogP contribution < -0.4 is 5.32 Å². The van der Waals surface area contributed by atoms with Crippen molar-refractivity contribution in [2.45, 2.75) is 81.6 Å². The first-order chi connectivity index (χ1) is 16.8. The number of hydrogen-bond acceptors (Lipinski definition) is 2. The molecule has 0 aromatic heterocycles. The van der Waals surface area contributed by atoms with Gasteiger partial charge >= 0.3 is 0 Å². The number of rotatable bonds is 3. The summed E-state index contributed by atoms with van der Waals surface area (Å²) in [4.78, 5) is 16.9. The number of amides is 1. The molecule has 2 aromatic carbocycles. The number of likely N-dealkylation sites (tertiary alicyclic amines) is 1. The number of piperidine rings is 1. The lowest BCUT2D eigenvalue weighted by atomic mass is 9.63. The third-order valence-corrected chi connectivity index (χ3v) is 9.77. The van der Waals surface area contributed by atoms with E-state index in [0.29, 0.717) is 23.8 Å². The molecule has 0 radical (unpaired) electrons. The Hall–Kier alpha value is -2.13. The van der Waals surface area contributed by atoms with Crippen molar-refractivity contribution in [3.05, 3.63) is 71.3 Å². The zero-order valence-corrected chi connectivity index (χ0v) is 20.6. The summed E-state index contributed by atoms with van der Waals surface area (Å²) in [6.45, 7) is 2.71. The molecule has 3 heteroatoms. The van der Waals surface area contributed by atoms with Crippen molar-refractivity contribution in [3.63, 3.8) is 0 Å². The Morgan fingerprint density at radius 1 is 0.912 bits per heavy atom. The smallest absolute Gasteiger partial charge is 0.228 e. The largest absolute Gasteiger partial charge is 0.339 e. The van der Waals surface area contributed by atoms with Gasteiger partial charge in [0.2, 0.25) is 5.91 Å². The molecule has 1 spiro atoms. The second kappa shape index (κ2) is 9.49. The van der Waals surface area contributed by atoms with Gasteiger partial charge in [0.15, 0.2) is 0 Å². The average Bonchev–Trinajstić information content (AvgIpc) is 3.33. The quantitative estimate of drug-likeness (QED) is 0.630. The van der Waals surface area contributed by atoms with E-state index in [2.05, 4.69) is 64.8 Å². The maximum Gasteiger partial charge on any atom is 0.228 e. The molecule has 4 atom stereocenters. The SMILES string of the molecule is O=C([C@@H]1CNC[C@]12CCCc1ccccc12)N1CC[C@@H](c2ccccc2)C[C@H]1C1CCCCC1. The number of nitrogens with zero attached hydrogens (tertiary/aromatic N) is 1. The third-order valence-electron chi connectivity index (χ3n) is 9.77. The van der Waals surface area contributed by atoms with Crippen LogP contribution in [0, 0.1) is 11.8 Å². The average molecular weight is 457 g/mol. The van der Waals surface area contributed by atoms with Gasteiger partial charge in [-0.3, -0.25) is 4.79 Å². The zero-order valence-electron chi connectivity index (χ0n) is 20.6. The highest BCUT2D eigenvalue weighted by molar-refractivity contribution is 5.82. The first-order valence-electron chi connectivity index (χ1n) is 13.9. The Morgan fingerprint density at radius 3 is 2.56 bits per heavy atom. The standard InChI is InChI=1S/C31H40N2O/c34-30(28-21-32-22-31(28)18-9-15-24-12-7-8-16-27(24)31)33-19-17-26(23-10-3-1-4-11-23)20-29(33)25-13-5-2-6-14-25/h1,3-4,7-8,10-12,16,25-26,28-29,32H,2,5-6,9,13-15,17-22H2/t26-,28+,29+,31+/m1/s1. The highest BCUT2D eigenvalue weighted by atomic mass is 16.2. The maximum absolute atomic E-state index is 14.5. The van der Waals surface area contributed by atoms with Crippen LogP contribution in [-0.2, 0) is 16.6 Å². The second-order valence-corrected chi connectivity index (χ2v) is 11.5. The number of carbonyl (C=O) groups excluding carboxylic acids is 1. The highest BCUT2D eigenvalue weighted by Gasteiger charge is 2.52. The normalized spacial score (nSPS) is 32.0. The summed E-state index contributed by atoms with van der Waals surface area (Å²) in [5.74, 6) is 1.79. The fourth-order valence-electron chi connectivity index (χ4n) is 8.05. The van der Waals surface area contributed by atoms with Gasteiger partial charge in [0, 0.05) is 31.1 Å². The summed E-state index contributed by atoms with van der Waals surface area (Å²) in [5.41, 5.74) is 4.38. The topological polar surface area (TPSA) is 32.3 Å². The van der Waals surface area contributed by atoms with Gasteiger partial charge in [-0.2, -0.15) is 0 Å². The fourth-order valence-corrected chi connectivity index (χ4v) is 8.05. The Morgan fingerprint density at radius 2 is 1.71 bits per heavy atom. The van der Waals surface area contributed by atoms with Crippen LogP contribution in [0.2, 0.25) is 0 Å². The molecule has 3 nitrogen and oxygen atoms in total. The van der Waals surface area contributed by atoms with Gasteiger partial charge in [0.1, 0.15) is 0 Å². The summed E-state index contributed by atoms with van der Waals surface area (Å²) in [7, 11) is 0. The van der Waals surface area contributed by atoms with Crippen LogP contribution in [0.4, 0.5) is 0 Å². The van der Waals surface area contributed by atoms with Crippen molar-refractivity contribution in [2.24, 2.45) is 11.8 Å². The first kappa shape index (κ1) is 22.3. The Labute approximate surface area is 205 Å². The molecule has 34 heavy (non-hydrogen) atoms. The third kappa shape index (κ3) is 3.90. The molecular weight excluding hydrogens is 416 g/mol. The van der Waals surface area contributed by atoms with Crippen LogP contribution in [0.25, 0.3) is 0 Å². The van der Waals surface area contributed by atoms with E-state index in [9.17, 15) is 4.79 Å². The predicted octanol–water partition coefficient (Wildman–Crippen LogP) is 5.84. The van der Waals surface area contributed by atoms with E-state index >= 15 is 0 Å². The molecule has 2 saturated heterocycles. The summed E-state index contributed by atoms with van der Waals surface area (Å²) >= 11 is 0. The maximum atomic E-state index is 14.5. The van der Waals surface area contributed by atoms with E-state index in [1.165, 1.54) is 55.2 Å². The Bertz CT molecular complexity index is 998. The second-order valence-electron chi connectivity index (χ2n) is 11.5. The molecule has 2 aliphatic carbocycles. The van der Waals surface area contributed by atoms with Crippen molar-refractivity contribution in [1.82, 2.24) is 10.2 Å². The van der Waals surface area contributed by atoms with Crippen molar-refractivity contribution >= 4 is 5.91 Å². The molecule has 180 valence electrons. The fraction of sp³-hybridized carbons (Fsp3) is 0.581. The molecule has 1 saturated carbocycles. The van der Waals surface area contributed by atoms with Crippen LogP contribution in [0.15, 0.2) is 54.6 Å². The minimum absolute atomic E-state index is 0.0146. The van der Waals surface area contributed by atoms with Crippen LogP contribution >= 0.6 is 0 Å². The van der Waals surface area contributed by atoms with Crippen molar-refractivity contribution in [1.29, 1.82) is 0 Å². The van der Waals surface area contributed by atoms with Crippen molar-refractivity contribution in [3.8, 4) is 0 Å². The molecule has 0 unspecified atom stereocenters. The van der Waals surface area contributed by atoms with Gasteiger partial charge < -0.3 is 10.2 Å². The lowest BCUT2D eigenvalue weighted by Gasteiger charge is -2.48. The van der Waals surface area contributed by atoms with Gasteiger partial charge in [-0.25, -0.2) is 0 Å². The van der Waals surface area contributed by atoms with E-state index < -0.39 is 0 Å². The molecule has 6 rings (SSSR count). The lowest BCUT2D eigenvalue weighted by molar-refractivity contribution is -0.143. The molecule has 2 aliphatic heterocycles. The van der Waals surface area contributed by atoms with E-state index in [4.69, 9.17) is 0 Å². The van der Waals surface area contributed by atoms with Crippen LogP contribution in [0.1, 0.15) is 80.4 Å². The number of aryl methyl sites for hydroxylation is 1. The number of carbonyl (C=O) groups is 1. The number of hydrogen-bond donors (Lipinski definition) is 1. The molecule has 1 N–H and O–H groups in total. The molecule has 1 amide bonds. The van der Waals surface area contributed by atoms with Gasteiger partial charge in [-0.15, -0.1) is 0 Å². The monoisotopic (exact) mass is 456 g/mol. The molecular formula is C31H40N2O. The van der Waals surface area contributed by atoms with Gasteiger partial charge in [0.05, 0.1) is 5.92 Å².